The van der Waals surface area contributed by atoms with E-state index in [1.54, 1.807) is 6.92 Å². The number of hydrogen-bond acceptors (Lipinski definition) is 4. The van der Waals surface area contributed by atoms with Gasteiger partial charge in [0.2, 0.25) is 0 Å². The van der Waals surface area contributed by atoms with Crippen LogP contribution in [0.5, 0.6) is 0 Å². The van der Waals surface area contributed by atoms with Crippen LogP contribution in [0.1, 0.15) is 6.92 Å². The third-order valence-corrected chi connectivity index (χ3v) is 0.976. The van der Waals surface area contributed by atoms with E-state index in [0.29, 0.717) is 13.2 Å². The largest absolute Gasteiger partial charge is 0.443 e. The van der Waals surface area contributed by atoms with Crippen molar-refractivity contribution in [2.75, 3.05) is 26.4 Å². The minimum absolute atomic E-state index is 0.00676. The van der Waals surface area contributed by atoms with Crippen molar-refractivity contribution >= 4 is 6.09 Å². The van der Waals surface area contributed by atoms with Gasteiger partial charge in [-0.15, -0.1) is 0 Å². The molecule has 0 spiro atoms. The summed E-state index contributed by atoms with van der Waals surface area (Å²) in [6, 6.07) is 0. The van der Waals surface area contributed by atoms with Gasteiger partial charge in [-0.25, -0.2) is 4.79 Å². The Morgan fingerprint density at radius 2 is 2.33 bits per heavy atom. The van der Waals surface area contributed by atoms with E-state index in [4.69, 9.17) is 9.84 Å². The SMILES string of the molecule is C[CH]OC(=O)NCCOCCO. The molecule has 0 aromatic carbocycles. The fourth-order valence-electron chi connectivity index (χ4n) is 0.541. The third-order valence-electron chi connectivity index (χ3n) is 0.976. The molecule has 71 valence electrons. The summed E-state index contributed by atoms with van der Waals surface area (Å²) < 4.78 is 9.35. The van der Waals surface area contributed by atoms with E-state index in [2.05, 4.69) is 10.1 Å². The van der Waals surface area contributed by atoms with Crippen LogP contribution in [0.2, 0.25) is 0 Å². The highest BCUT2D eigenvalue weighted by Crippen LogP contribution is 1.80. The molecular formula is C7H14NO4. The number of alkyl carbamates (subject to hydrolysis) is 1. The molecule has 0 saturated carbocycles. The van der Waals surface area contributed by atoms with Gasteiger partial charge in [-0.1, -0.05) is 0 Å². The van der Waals surface area contributed by atoms with E-state index in [0.717, 1.165) is 0 Å². The average Bonchev–Trinajstić information content (AvgIpc) is 2.05. The van der Waals surface area contributed by atoms with E-state index in [1.807, 2.05) is 0 Å². The van der Waals surface area contributed by atoms with Gasteiger partial charge in [0.1, 0.15) is 6.61 Å². The number of rotatable bonds is 6. The summed E-state index contributed by atoms with van der Waals surface area (Å²) in [5, 5.41) is 10.8. The molecule has 0 aromatic heterocycles. The number of hydrogen-bond donors (Lipinski definition) is 2. The number of carbonyl (C=O) groups excluding carboxylic acids is 1. The summed E-state index contributed by atoms with van der Waals surface area (Å²) in [4.78, 5) is 10.6. The first kappa shape index (κ1) is 11.2. The van der Waals surface area contributed by atoms with Crippen molar-refractivity contribution in [1.29, 1.82) is 0 Å². The number of aliphatic hydroxyl groups is 1. The Morgan fingerprint density at radius 1 is 1.58 bits per heavy atom. The van der Waals surface area contributed by atoms with Crippen LogP contribution in [0, 0.1) is 6.61 Å². The van der Waals surface area contributed by atoms with Gasteiger partial charge in [-0.2, -0.15) is 0 Å². The Bertz CT molecular complexity index is 118. The lowest BCUT2D eigenvalue weighted by atomic mass is 10.7. The highest BCUT2D eigenvalue weighted by molar-refractivity contribution is 5.67. The second-order valence-corrected chi connectivity index (χ2v) is 1.90. The molecule has 0 rings (SSSR count). The average molecular weight is 176 g/mol. The zero-order chi connectivity index (χ0) is 9.23. The molecule has 0 aromatic rings. The maximum atomic E-state index is 10.6. The highest BCUT2D eigenvalue weighted by atomic mass is 16.5. The normalized spacial score (nSPS) is 9.50. The van der Waals surface area contributed by atoms with Crippen LogP contribution in [-0.2, 0) is 9.47 Å². The molecule has 0 aliphatic heterocycles. The maximum absolute atomic E-state index is 10.6. The Hall–Kier alpha value is -0.810. The Morgan fingerprint density at radius 3 is 2.92 bits per heavy atom. The fraction of sp³-hybridized carbons (Fsp3) is 0.714. The predicted molar refractivity (Wildman–Crippen MR) is 42.4 cm³/mol. The summed E-state index contributed by atoms with van der Waals surface area (Å²) in [5.74, 6) is 0. The Balaban J connectivity index is 3.03. The van der Waals surface area contributed by atoms with Crippen LogP contribution in [-0.4, -0.2) is 37.6 Å². The van der Waals surface area contributed by atoms with Crippen molar-refractivity contribution in [1.82, 2.24) is 5.32 Å². The lowest BCUT2D eigenvalue weighted by Gasteiger charge is -2.04. The van der Waals surface area contributed by atoms with Gasteiger partial charge in [0.25, 0.3) is 0 Å². The predicted octanol–water partition coefficient (Wildman–Crippen LogP) is -0.0968. The molecule has 0 aliphatic rings. The quantitative estimate of drug-likeness (QED) is 0.555. The van der Waals surface area contributed by atoms with Crippen LogP contribution >= 0.6 is 0 Å². The molecule has 5 nitrogen and oxygen atoms in total. The van der Waals surface area contributed by atoms with Gasteiger partial charge in [-0.05, 0) is 6.92 Å². The summed E-state index contributed by atoms with van der Waals surface area (Å²) >= 11 is 0. The zero-order valence-electron chi connectivity index (χ0n) is 7.08. The molecule has 1 radical (unpaired) electrons. The van der Waals surface area contributed by atoms with Crippen LogP contribution in [0.15, 0.2) is 0 Å². The van der Waals surface area contributed by atoms with Crippen LogP contribution in [0.25, 0.3) is 0 Å². The molecule has 0 heterocycles. The van der Waals surface area contributed by atoms with Crippen molar-refractivity contribution in [3.05, 3.63) is 6.61 Å². The molecule has 2 N–H and O–H groups in total. The van der Waals surface area contributed by atoms with Gasteiger partial charge in [0.15, 0.2) is 0 Å². The first-order valence-corrected chi connectivity index (χ1v) is 3.72. The van der Waals surface area contributed by atoms with E-state index >= 15 is 0 Å². The van der Waals surface area contributed by atoms with Crippen LogP contribution in [0.3, 0.4) is 0 Å². The molecule has 1 amide bonds. The number of nitrogens with one attached hydrogen (secondary N) is 1. The fourth-order valence-corrected chi connectivity index (χ4v) is 0.541. The second-order valence-electron chi connectivity index (χ2n) is 1.90. The summed E-state index contributed by atoms with van der Waals surface area (Å²) in [6.45, 7) is 3.95. The first-order valence-electron chi connectivity index (χ1n) is 3.72. The highest BCUT2D eigenvalue weighted by Gasteiger charge is 1.97. The third kappa shape index (κ3) is 7.30. The van der Waals surface area contributed by atoms with E-state index in [9.17, 15) is 4.79 Å². The van der Waals surface area contributed by atoms with Crippen LogP contribution in [0.4, 0.5) is 4.79 Å². The molecule has 12 heavy (non-hydrogen) atoms. The molecule has 0 unspecified atom stereocenters. The van der Waals surface area contributed by atoms with Gasteiger partial charge < -0.3 is 19.9 Å². The molecule has 0 aliphatic carbocycles. The van der Waals surface area contributed by atoms with Crippen molar-refractivity contribution in [2.45, 2.75) is 6.92 Å². The molecule has 5 heteroatoms. The minimum Gasteiger partial charge on any atom is -0.443 e. The van der Waals surface area contributed by atoms with Crippen LogP contribution < -0.4 is 5.32 Å². The zero-order valence-corrected chi connectivity index (χ0v) is 7.08. The summed E-state index contributed by atoms with van der Waals surface area (Å²) in [5.41, 5.74) is 0. The minimum atomic E-state index is -0.495. The topological polar surface area (TPSA) is 67.8 Å². The van der Waals surface area contributed by atoms with Crippen molar-refractivity contribution in [3.63, 3.8) is 0 Å². The van der Waals surface area contributed by atoms with Gasteiger partial charge >= 0.3 is 6.09 Å². The van der Waals surface area contributed by atoms with E-state index < -0.39 is 6.09 Å². The molecule has 0 atom stereocenters. The molecule has 0 saturated heterocycles. The number of ether oxygens (including phenoxy) is 2. The number of carbonyl (C=O) groups is 1. The van der Waals surface area contributed by atoms with Gasteiger partial charge in [-0.3, -0.25) is 0 Å². The monoisotopic (exact) mass is 176 g/mol. The van der Waals surface area contributed by atoms with Gasteiger partial charge in [0, 0.05) is 6.54 Å². The van der Waals surface area contributed by atoms with Gasteiger partial charge in [0.05, 0.1) is 19.8 Å². The number of amides is 1. The summed E-state index contributed by atoms with van der Waals surface area (Å²) in [6.07, 6.45) is -0.495. The second kappa shape index (κ2) is 8.29. The number of aliphatic hydroxyl groups excluding tert-OH is 1. The molecule has 0 bridgehead atoms. The first-order chi connectivity index (χ1) is 5.81. The summed E-state index contributed by atoms with van der Waals surface area (Å²) in [7, 11) is 0. The van der Waals surface area contributed by atoms with Crippen molar-refractivity contribution in [3.8, 4) is 0 Å². The Kier molecular flexibility index (Phi) is 7.73. The van der Waals surface area contributed by atoms with Crippen molar-refractivity contribution in [2.24, 2.45) is 0 Å². The van der Waals surface area contributed by atoms with Crippen molar-refractivity contribution < 1.29 is 19.4 Å². The standard InChI is InChI=1S/C7H14NO4/c1-2-12-7(10)8-3-5-11-6-4-9/h2,9H,3-6H2,1H3,(H,8,10). The lowest BCUT2D eigenvalue weighted by Crippen LogP contribution is -2.27. The van der Waals surface area contributed by atoms with E-state index in [1.165, 1.54) is 6.61 Å². The molecule has 0 fully saturated rings. The maximum Gasteiger partial charge on any atom is 0.407 e. The lowest BCUT2D eigenvalue weighted by molar-refractivity contribution is 0.0924. The molecular weight excluding hydrogens is 162 g/mol. The van der Waals surface area contributed by atoms with E-state index in [-0.39, 0.29) is 13.2 Å². The Labute approximate surface area is 71.7 Å². The smallest absolute Gasteiger partial charge is 0.407 e.